The van der Waals surface area contributed by atoms with Crippen LogP contribution in [0.1, 0.15) is 29.8 Å². The van der Waals surface area contributed by atoms with Gasteiger partial charge in [0.15, 0.2) is 0 Å². The summed E-state index contributed by atoms with van der Waals surface area (Å²) in [6.45, 7) is 6.04. The largest absolute Gasteiger partial charge is 0.372 e. The van der Waals surface area contributed by atoms with E-state index in [4.69, 9.17) is 23.2 Å². The number of benzene rings is 2. The molecular formula is C20H21Cl2N5O3S2. The van der Waals surface area contributed by atoms with Crippen molar-refractivity contribution in [3.63, 3.8) is 0 Å². The third-order valence-electron chi connectivity index (χ3n) is 4.56. The molecule has 0 saturated heterocycles. The van der Waals surface area contributed by atoms with Crippen LogP contribution < -0.4 is 14.9 Å². The Morgan fingerprint density at radius 1 is 1.06 bits per heavy atom. The van der Waals surface area contributed by atoms with Crippen LogP contribution in [0, 0.1) is 0 Å². The van der Waals surface area contributed by atoms with Crippen LogP contribution in [0.2, 0.25) is 10.0 Å². The minimum atomic E-state index is -3.90. The quantitative estimate of drug-likeness (QED) is 0.410. The summed E-state index contributed by atoms with van der Waals surface area (Å²) >= 11 is 12.6. The average Bonchev–Trinajstić information content (AvgIpc) is 3.23. The molecule has 0 saturated carbocycles. The molecule has 0 aliphatic heterocycles. The van der Waals surface area contributed by atoms with Gasteiger partial charge in [0.05, 0.1) is 10.6 Å². The summed E-state index contributed by atoms with van der Waals surface area (Å²) in [6, 6.07) is 12.1. The number of sulfonamides is 1. The Balaban J connectivity index is 1.64. The Morgan fingerprint density at radius 2 is 1.75 bits per heavy atom. The first kappa shape index (κ1) is 24.4. The summed E-state index contributed by atoms with van der Waals surface area (Å²) < 4.78 is 27.4. The first-order valence-electron chi connectivity index (χ1n) is 9.67. The smallest absolute Gasteiger partial charge is 0.270 e. The summed E-state index contributed by atoms with van der Waals surface area (Å²) in [4.78, 5) is 14.6. The summed E-state index contributed by atoms with van der Waals surface area (Å²) in [7, 11) is -3.90. The molecule has 3 aromatic rings. The van der Waals surface area contributed by atoms with Gasteiger partial charge < -0.3 is 4.90 Å². The Bertz CT molecular complexity index is 1200. The normalized spacial score (nSPS) is 11.4. The van der Waals surface area contributed by atoms with E-state index in [0.29, 0.717) is 5.02 Å². The molecule has 2 N–H and O–H groups in total. The lowest BCUT2D eigenvalue weighted by atomic mass is 10.2. The van der Waals surface area contributed by atoms with E-state index in [1.165, 1.54) is 18.2 Å². The van der Waals surface area contributed by atoms with Crippen molar-refractivity contribution in [2.45, 2.75) is 24.7 Å². The van der Waals surface area contributed by atoms with E-state index in [2.05, 4.69) is 39.0 Å². The van der Waals surface area contributed by atoms with Crippen LogP contribution in [0.25, 0.3) is 0 Å². The summed E-state index contributed by atoms with van der Waals surface area (Å²) in [6.07, 6.45) is 0. The van der Waals surface area contributed by atoms with Gasteiger partial charge in [-0.3, -0.25) is 10.1 Å². The molecule has 8 nitrogen and oxygen atoms in total. The number of carbonyl (C=O) groups excluding carboxylic acids is 1. The first-order chi connectivity index (χ1) is 15.2. The SMILES string of the molecule is CCN(CC)c1ccc(CNS(=O)(=O)c2nnc(NC(=O)c3ccc(Cl)cc3Cl)s2)cc1. The molecule has 1 amide bonds. The zero-order valence-corrected chi connectivity index (χ0v) is 20.4. The number of hydrogen-bond acceptors (Lipinski definition) is 7. The second-order valence-electron chi connectivity index (χ2n) is 6.61. The zero-order chi connectivity index (χ0) is 23.3. The van der Waals surface area contributed by atoms with Crippen LogP contribution in [0.5, 0.6) is 0 Å². The number of carbonyl (C=O) groups is 1. The Kier molecular flexibility index (Phi) is 8.07. The maximum atomic E-state index is 12.6. The molecule has 0 atom stereocenters. The molecule has 0 radical (unpaired) electrons. The van der Waals surface area contributed by atoms with Gasteiger partial charge in [-0.05, 0) is 49.7 Å². The third-order valence-corrected chi connectivity index (χ3v) is 7.72. The predicted molar refractivity (Wildman–Crippen MR) is 128 cm³/mol. The number of rotatable bonds is 9. The van der Waals surface area contributed by atoms with E-state index in [1.807, 2.05) is 24.3 Å². The highest BCUT2D eigenvalue weighted by Gasteiger charge is 2.21. The molecule has 0 aliphatic rings. The van der Waals surface area contributed by atoms with E-state index in [9.17, 15) is 13.2 Å². The summed E-state index contributed by atoms with van der Waals surface area (Å²) in [5.41, 5.74) is 2.06. The molecule has 170 valence electrons. The lowest BCUT2D eigenvalue weighted by molar-refractivity contribution is 0.102. The van der Waals surface area contributed by atoms with Gasteiger partial charge in [0.1, 0.15) is 0 Å². The second kappa shape index (κ2) is 10.6. The van der Waals surface area contributed by atoms with Crippen LogP contribution in [-0.4, -0.2) is 37.6 Å². The number of halogens is 2. The number of amides is 1. The molecule has 0 spiro atoms. The maximum Gasteiger partial charge on any atom is 0.270 e. The van der Waals surface area contributed by atoms with Gasteiger partial charge >= 0.3 is 0 Å². The number of hydrogen-bond donors (Lipinski definition) is 2. The molecule has 0 fully saturated rings. The van der Waals surface area contributed by atoms with Gasteiger partial charge in [-0.1, -0.05) is 46.7 Å². The first-order valence-corrected chi connectivity index (χ1v) is 12.7. The van der Waals surface area contributed by atoms with E-state index >= 15 is 0 Å². The predicted octanol–water partition coefficient (Wildman–Crippen LogP) is 4.42. The molecule has 0 aliphatic carbocycles. The highest BCUT2D eigenvalue weighted by atomic mass is 35.5. The van der Waals surface area contributed by atoms with Crippen LogP contribution in [0.15, 0.2) is 46.8 Å². The van der Waals surface area contributed by atoms with Gasteiger partial charge in [-0.25, -0.2) is 13.1 Å². The molecule has 32 heavy (non-hydrogen) atoms. The topological polar surface area (TPSA) is 104 Å². The molecule has 1 heterocycles. The molecule has 0 bridgehead atoms. The van der Waals surface area contributed by atoms with Crippen molar-refractivity contribution in [2.75, 3.05) is 23.3 Å². The fraction of sp³-hybridized carbons (Fsp3) is 0.250. The molecule has 1 aromatic heterocycles. The Labute approximate surface area is 200 Å². The minimum Gasteiger partial charge on any atom is -0.372 e. The minimum absolute atomic E-state index is 0.0324. The second-order valence-corrected chi connectivity index (χ2v) is 10.4. The number of nitrogens with one attached hydrogen (secondary N) is 2. The fourth-order valence-corrected chi connectivity index (χ4v) is 5.31. The van der Waals surface area contributed by atoms with Gasteiger partial charge in [0.25, 0.3) is 15.9 Å². The average molecular weight is 514 g/mol. The van der Waals surface area contributed by atoms with Crippen LogP contribution in [0.4, 0.5) is 10.8 Å². The fourth-order valence-electron chi connectivity index (χ4n) is 2.86. The van der Waals surface area contributed by atoms with Crippen molar-refractivity contribution in [1.82, 2.24) is 14.9 Å². The van der Waals surface area contributed by atoms with Crippen molar-refractivity contribution in [2.24, 2.45) is 0 Å². The zero-order valence-electron chi connectivity index (χ0n) is 17.3. The van der Waals surface area contributed by atoms with E-state index in [-0.39, 0.29) is 26.6 Å². The van der Waals surface area contributed by atoms with Crippen LogP contribution in [-0.2, 0) is 16.6 Å². The lowest BCUT2D eigenvalue weighted by Crippen LogP contribution is -2.23. The van der Waals surface area contributed by atoms with Crippen molar-refractivity contribution in [1.29, 1.82) is 0 Å². The van der Waals surface area contributed by atoms with Gasteiger partial charge in [0, 0.05) is 30.3 Å². The van der Waals surface area contributed by atoms with E-state index < -0.39 is 15.9 Å². The number of nitrogens with zero attached hydrogens (tertiary/aromatic N) is 3. The molecule has 2 aromatic carbocycles. The Morgan fingerprint density at radius 3 is 2.38 bits per heavy atom. The van der Waals surface area contributed by atoms with Gasteiger partial charge in [-0.2, -0.15) is 0 Å². The van der Waals surface area contributed by atoms with Gasteiger partial charge in [0.2, 0.25) is 9.47 Å². The number of anilines is 2. The van der Waals surface area contributed by atoms with E-state index in [1.54, 1.807) is 0 Å². The van der Waals surface area contributed by atoms with Crippen molar-refractivity contribution < 1.29 is 13.2 Å². The van der Waals surface area contributed by atoms with Crippen LogP contribution in [0.3, 0.4) is 0 Å². The molecule has 12 heteroatoms. The Hall–Kier alpha value is -2.24. The highest BCUT2D eigenvalue weighted by molar-refractivity contribution is 7.91. The third kappa shape index (κ3) is 5.96. The van der Waals surface area contributed by atoms with Crippen LogP contribution >= 0.6 is 34.5 Å². The molecule has 0 unspecified atom stereocenters. The van der Waals surface area contributed by atoms with Crippen molar-refractivity contribution >= 4 is 61.3 Å². The molecule has 3 rings (SSSR count). The van der Waals surface area contributed by atoms with E-state index in [0.717, 1.165) is 35.7 Å². The summed E-state index contributed by atoms with van der Waals surface area (Å²) in [5.74, 6) is -0.548. The standard InChI is InChI=1S/C20H21Cl2N5O3S2/c1-3-27(4-2)15-8-5-13(6-9-15)12-23-32(29,30)20-26-25-19(31-20)24-18(28)16-10-7-14(21)11-17(16)22/h5-11,23H,3-4,12H2,1-2H3,(H,24,25,28). The van der Waals surface area contributed by atoms with Crippen molar-refractivity contribution in [3.8, 4) is 0 Å². The highest BCUT2D eigenvalue weighted by Crippen LogP contribution is 2.24. The van der Waals surface area contributed by atoms with Gasteiger partial charge in [-0.15, -0.1) is 10.2 Å². The van der Waals surface area contributed by atoms with Crippen molar-refractivity contribution in [3.05, 3.63) is 63.6 Å². The molecular weight excluding hydrogens is 493 g/mol. The lowest BCUT2D eigenvalue weighted by Gasteiger charge is -2.21. The number of aromatic nitrogens is 2. The summed E-state index contributed by atoms with van der Waals surface area (Å²) in [5, 5.41) is 10.5. The monoisotopic (exact) mass is 513 g/mol. The maximum absolute atomic E-state index is 12.6.